The molecule has 1 unspecified atom stereocenters. The average molecular weight is 340 g/mol. The molecule has 0 aliphatic heterocycles. The van der Waals surface area contributed by atoms with Crippen molar-refractivity contribution in [3.05, 3.63) is 64.1 Å². The molecule has 0 saturated carbocycles. The van der Waals surface area contributed by atoms with Crippen molar-refractivity contribution in [3.63, 3.8) is 0 Å². The second-order valence-electron chi connectivity index (χ2n) is 4.56. The molecule has 2 aromatic carbocycles. The predicted octanol–water partition coefficient (Wildman–Crippen LogP) is 4.96. The van der Waals surface area contributed by atoms with Gasteiger partial charge in [0.15, 0.2) is 0 Å². The fraction of sp³-hybridized carbons (Fsp3) is 0.188. The minimum Gasteiger partial charge on any atom is -0.349 e. The number of hydrogen-bond donors (Lipinski definition) is 1. The number of thioether (sulfide) groups is 1. The summed E-state index contributed by atoms with van der Waals surface area (Å²) in [7, 11) is 0. The van der Waals surface area contributed by atoms with Crippen molar-refractivity contribution in [2.75, 3.05) is 5.75 Å². The molecule has 0 aliphatic rings. The number of carbonyl (C=O) groups excluding carboxylic acids is 1. The quantitative estimate of drug-likeness (QED) is 0.779. The van der Waals surface area contributed by atoms with Gasteiger partial charge in [-0.3, -0.25) is 4.79 Å². The van der Waals surface area contributed by atoms with Gasteiger partial charge in [0.1, 0.15) is 0 Å². The number of rotatable bonds is 5. The highest BCUT2D eigenvalue weighted by Crippen LogP contribution is 2.26. The largest absolute Gasteiger partial charge is 0.349 e. The Balaban J connectivity index is 1.89. The molecule has 0 saturated heterocycles. The van der Waals surface area contributed by atoms with Crippen LogP contribution in [0.5, 0.6) is 0 Å². The normalized spacial score (nSPS) is 12.0. The molecule has 0 bridgehead atoms. The molecule has 2 rings (SSSR count). The SMILES string of the molecule is CC(NC(=O)CSc1ccccc1Cl)c1cccc(Cl)c1. The van der Waals surface area contributed by atoms with Crippen molar-refractivity contribution in [1.82, 2.24) is 5.32 Å². The smallest absolute Gasteiger partial charge is 0.230 e. The lowest BCUT2D eigenvalue weighted by molar-refractivity contribution is -0.119. The summed E-state index contributed by atoms with van der Waals surface area (Å²) in [5.41, 5.74) is 0.985. The summed E-state index contributed by atoms with van der Waals surface area (Å²) in [6, 6.07) is 14.9. The van der Waals surface area contributed by atoms with Gasteiger partial charge in [-0.15, -0.1) is 11.8 Å². The van der Waals surface area contributed by atoms with Crippen LogP contribution in [-0.4, -0.2) is 11.7 Å². The van der Waals surface area contributed by atoms with E-state index in [9.17, 15) is 4.79 Å². The lowest BCUT2D eigenvalue weighted by atomic mass is 10.1. The summed E-state index contributed by atoms with van der Waals surface area (Å²) in [5.74, 6) is 0.293. The van der Waals surface area contributed by atoms with E-state index in [4.69, 9.17) is 23.2 Å². The Morgan fingerprint density at radius 3 is 2.67 bits per heavy atom. The first-order valence-electron chi connectivity index (χ1n) is 6.48. The fourth-order valence-corrected chi connectivity index (χ4v) is 3.10. The third-order valence-corrected chi connectivity index (χ3v) is 4.67. The Kier molecular flexibility index (Phi) is 5.97. The molecule has 0 radical (unpaired) electrons. The van der Waals surface area contributed by atoms with E-state index >= 15 is 0 Å². The maximum Gasteiger partial charge on any atom is 0.230 e. The second kappa shape index (κ2) is 7.74. The molecule has 21 heavy (non-hydrogen) atoms. The van der Waals surface area contributed by atoms with Gasteiger partial charge in [0.2, 0.25) is 5.91 Å². The minimum atomic E-state index is -0.0805. The molecule has 1 amide bonds. The summed E-state index contributed by atoms with van der Waals surface area (Å²) in [6.45, 7) is 1.93. The number of hydrogen-bond acceptors (Lipinski definition) is 2. The molecular weight excluding hydrogens is 325 g/mol. The molecule has 0 aromatic heterocycles. The lowest BCUT2D eigenvalue weighted by Crippen LogP contribution is -2.28. The Hall–Kier alpha value is -1.16. The van der Waals surface area contributed by atoms with E-state index in [-0.39, 0.29) is 11.9 Å². The first kappa shape index (κ1) is 16.2. The standard InChI is InChI=1S/C16H15Cl2NOS/c1-11(12-5-4-6-13(17)9-12)19-16(20)10-21-15-8-3-2-7-14(15)18/h2-9,11H,10H2,1H3,(H,19,20). The van der Waals surface area contributed by atoms with E-state index in [2.05, 4.69) is 5.32 Å². The van der Waals surface area contributed by atoms with Gasteiger partial charge < -0.3 is 5.32 Å². The van der Waals surface area contributed by atoms with Gasteiger partial charge in [0, 0.05) is 9.92 Å². The van der Waals surface area contributed by atoms with E-state index in [0.717, 1.165) is 10.5 Å². The number of nitrogens with one attached hydrogen (secondary N) is 1. The number of amides is 1. The van der Waals surface area contributed by atoms with Crippen LogP contribution in [0.3, 0.4) is 0 Å². The average Bonchev–Trinajstić information content (AvgIpc) is 2.46. The molecule has 110 valence electrons. The van der Waals surface area contributed by atoms with Gasteiger partial charge in [-0.2, -0.15) is 0 Å². The van der Waals surface area contributed by atoms with Gasteiger partial charge in [0.25, 0.3) is 0 Å². The number of halogens is 2. The molecule has 1 atom stereocenters. The topological polar surface area (TPSA) is 29.1 Å². The van der Waals surface area contributed by atoms with Crippen LogP contribution in [0, 0.1) is 0 Å². The maximum absolute atomic E-state index is 12.0. The van der Waals surface area contributed by atoms with Crippen molar-refractivity contribution in [2.45, 2.75) is 17.9 Å². The molecule has 1 N–H and O–H groups in total. The highest BCUT2D eigenvalue weighted by atomic mass is 35.5. The lowest BCUT2D eigenvalue weighted by Gasteiger charge is -2.14. The molecule has 2 aromatic rings. The third-order valence-electron chi connectivity index (χ3n) is 2.92. The van der Waals surface area contributed by atoms with Crippen molar-refractivity contribution in [2.24, 2.45) is 0 Å². The zero-order chi connectivity index (χ0) is 15.2. The van der Waals surface area contributed by atoms with Crippen LogP contribution < -0.4 is 5.32 Å². The fourth-order valence-electron chi connectivity index (χ4n) is 1.85. The molecule has 0 fully saturated rings. The predicted molar refractivity (Wildman–Crippen MR) is 90.2 cm³/mol. The van der Waals surface area contributed by atoms with Gasteiger partial charge in [-0.05, 0) is 36.8 Å². The Morgan fingerprint density at radius 1 is 1.19 bits per heavy atom. The zero-order valence-corrected chi connectivity index (χ0v) is 13.8. The first-order valence-corrected chi connectivity index (χ1v) is 8.22. The van der Waals surface area contributed by atoms with E-state index in [1.165, 1.54) is 11.8 Å². The number of benzene rings is 2. The summed E-state index contributed by atoms with van der Waals surface area (Å²) >= 11 is 13.4. The molecule has 5 heteroatoms. The van der Waals surface area contributed by atoms with Crippen LogP contribution in [0.2, 0.25) is 10.0 Å². The second-order valence-corrected chi connectivity index (χ2v) is 6.42. The summed E-state index contributed by atoms with van der Waals surface area (Å²) in [4.78, 5) is 12.9. The van der Waals surface area contributed by atoms with Gasteiger partial charge >= 0.3 is 0 Å². The Bertz CT molecular complexity index is 633. The minimum absolute atomic E-state index is 0.0348. The van der Waals surface area contributed by atoms with Crippen LogP contribution in [0.4, 0.5) is 0 Å². The van der Waals surface area contributed by atoms with E-state index in [1.54, 1.807) is 0 Å². The number of carbonyl (C=O) groups is 1. The van der Waals surface area contributed by atoms with Gasteiger partial charge in [-0.25, -0.2) is 0 Å². The Morgan fingerprint density at radius 2 is 1.95 bits per heavy atom. The van der Waals surface area contributed by atoms with E-state index < -0.39 is 0 Å². The zero-order valence-electron chi connectivity index (χ0n) is 11.5. The monoisotopic (exact) mass is 339 g/mol. The van der Waals surface area contributed by atoms with E-state index in [0.29, 0.717) is 15.8 Å². The van der Waals surface area contributed by atoms with Crippen LogP contribution in [0.15, 0.2) is 53.4 Å². The highest BCUT2D eigenvalue weighted by Gasteiger charge is 2.11. The Labute approximate surface area is 138 Å². The molecule has 0 aliphatic carbocycles. The first-order chi connectivity index (χ1) is 10.1. The summed E-state index contributed by atoms with van der Waals surface area (Å²) < 4.78 is 0. The van der Waals surface area contributed by atoms with Crippen LogP contribution >= 0.6 is 35.0 Å². The van der Waals surface area contributed by atoms with E-state index in [1.807, 2.05) is 55.5 Å². The van der Waals surface area contributed by atoms with Crippen molar-refractivity contribution < 1.29 is 4.79 Å². The van der Waals surface area contributed by atoms with Crippen LogP contribution in [-0.2, 0) is 4.79 Å². The van der Waals surface area contributed by atoms with Crippen molar-refractivity contribution in [3.8, 4) is 0 Å². The van der Waals surface area contributed by atoms with Gasteiger partial charge in [-0.1, -0.05) is 47.5 Å². The third kappa shape index (κ3) is 4.95. The summed E-state index contributed by atoms with van der Waals surface area (Å²) in [6.07, 6.45) is 0. The van der Waals surface area contributed by atoms with Crippen LogP contribution in [0.25, 0.3) is 0 Å². The highest BCUT2D eigenvalue weighted by molar-refractivity contribution is 8.00. The van der Waals surface area contributed by atoms with Crippen LogP contribution in [0.1, 0.15) is 18.5 Å². The maximum atomic E-state index is 12.0. The van der Waals surface area contributed by atoms with Gasteiger partial charge in [0.05, 0.1) is 16.8 Å². The van der Waals surface area contributed by atoms with Crippen molar-refractivity contribution in [1.29, 1.82) is 0 Å². The molecular formula is C16H15Cl2NOS. The summed E-state index contributed by atoms with van der Waals surface area (Å²) in [5, 5.41) is 4.28. The molecule has 0 spiro atoms. The van der Waals surface area contributed by atoms with Crippen molar-refractivity contribution >= 4 is 40.9 Å². The molecule has 0 heterocycles. The molecule has 2 nitrogen and oxygen atoms in total.